The van der Waals surface area contributed by atoms with Gasteiger partial charge in [-0.25, -0.2) is 8.42 Å². The summed E-state index contributed by atoms with van der Waals surface area (Å²) >= 11 is 0. The van der Waals surface area contributed by atoms with E-state index < -0.39 is 14.6 Å². The zero-order chi connectivity index (χ0) is 18.3. The van der Waals surface area contributed by atoms with Crippen molar-refractivity contribution in [1.82, 2.24) is 15.5 Å². The Morgan fingerprint density at radius 1 is 1.13 bits per heavy atom. The summed E-state index contributed by atoms with van der Waals surface area (Å²) < 4.78 is 22.7. The molecule has 6 nitrogen and oxygen atoms in total. The molecule has 0 radical (unpaired) electrons. The fourth-order valence-electron chi connectivity index (χ4n) is 2.14. The van der Waals surface area contributed by atoms with Crippen LogP contribution in [0.3, 0.4) is 0 Å². The van der Waals surface area contributed by atoms with Gasteiger partial charge in [0.1, 0.15) is 0 Å². The molecule has 7 heteroatoms. The van der Waals surface area contributed by atoms with Crippen LogP contribution in [0.5, 0.6) is 0 Å². The van der Waals surface area contributed by atoms with Crippen molar-refractivity contribution >= 4 is 15.8 Å². The molecule has 0 aliphatic heterocycles. The van der Waals surface area contributed by atoms with Crippen molar-refractivity contribution in [1.29, 1.82) is 0 Å². The summed E-state index contributed by atoms with van der Waals surface area (Å²) in [4.78, 5) is 6.83. The van der Waals surface area contributed by atoms with Gasteiger partial charge in [-0.05, 0) is 48.5 Å². The van der Waals surface area contributed by atoms with Gasteiger partial charge in [-0.1, -0.05) is 0 Å². The van der Waals surface area contributed by atoms with E-state index in [1.165, 1.54) is 6.26 Å². The second-order valence-corrected chi connectivity index (χ2v) is 9.73. The third-order valence-electron chi connectivity index (χ3n) is 3.95. The number of hydrogen-bond donors (Lipinski definition) is 2. The third kappa shape index (κ3) is 8.01. The minimum atomic E-state index is -3.14. The Labute approximate surface area is 143 Å². The lowest BCUT2D eigenvalue weighted by atomic mass is 10.2. The van der Waals surface area contributed by atoms with E-state index in [0.717, 1.165) is 19.6 Å². The van der Waals surface area contributed by atoms with Gasteiger partial charge in [0.25, 0.3) is 0 Å². The van der Waals surface area contributed by atoms with Crippen molar-refractivity contribution in [2.24, 2.45) is 4.99 Å². The van der Waals surface area contributed by atoms with Crippen LogP contribution >= 0.6 is 0 Å². The predicted molar refractivity (Wildman–Crippen MR) is 99.9 cm³/mol. The molecular weight excluding hydrogens is 312 g/mol. The summed E-state index contributed by atoms with van der Waals surface area (Å²) in [5, 5.41) is 6.45. The van der Waals surface area contributed by atoms with Crippen LogP contribution in [-0.2, 0) is 9.84 Å². The Morgan fingerprint density at radius 3 is 2.04 bits per heavy atom. The molecule has 0 aromatic heterocycles. The molecule has 0 heterocycles. The molecule has 0 bridgehead atoms. The molecule has 2 N–H and O–H groups in total. The molecule has 0 saturated carbocycles. The maximum absolute atomic E-state index is 11.8. The summed E-state index contributed by atoms with van der Waals surface area (Å²) in [6.07, 6.45) is 1.26. The van der Waals surface area contributed by atoms with Gasteiger partial charge in [0.2, 0.25) is 0 Å². The minimum Gasteiger partial charge on any atom is -0.357 e. The van der Waals surface area contributed by atoms with Gasteiger partial charge in [-0.2, -0.15) is 0 Å². The van der Waals surface area contributed by atoms with E-state index in [2.05, 4.69) is 48.2 Å². The second-order valence-electron chi connectivity index (χ2n) is 7.08. The van der Waals surface area contributed by atoms with Crippen molar-refractivity contribution in [3.8, 4) is 0 Å². The highest BCUT2D eigenvalue weighted by molar-refractivity contribution is 7.92. The van der Waals surface area contributed by atoms with E-state index in [1.54, 1.807) is 13.8 Å². The zero-order valence-electron chi connectivity index (χ0n) is 16.1. The van der Waals surface area contributed by atoms with Crippen molar-refractivity contribution in [3.63, 3.8) is 0 Å². The van der Waals surface area contributed by atoms with Crippen molar-refractivity contribution in [2.45, 2.75) is 65.3 Å². The second kappa shape index (κ2) is 9.47. The van der Waals surface area contributed by atoms with E-state index in [4.69, 9.17) is 0 Å². The van der Waals surface area contributed by atoms with Crippen LogP contribution < -0.4 is 10.6 Å². The maximum atomic E-state index is 11.8. The normalized spacial score (nSPS) is 14.0. The fraction of sp³-hybridized carbons (Fsp3) is 0.938. The monoisotopic (exact) mass is 348 g/mol. The van der Waals surface area contributed by atoms with Gasteiger partial charge in [-0.15, -0.1) is 0 Å². The van der Waals surface area contributed by atoms with Crippen LogP contribution in [-0.4, -0.2) is 68.5 Å². The van der Waals surface area contributed by atoms with Crippen molar-refractivity contribution in [2.75, 3.05) is 32.4 Å². The molecular formula is C16H36N4O2S. The van der Waals surface area contributed by atoms with Crippen LogP contribution in [0.1, 0.15) is 48.5 Å². The predicted octanol–water partition coefficient (Wildman–Crippen LogP) is 1.48. The highest BCUT2D eigenvalue weighted by Crippen LogP contribution is 2.15. The lowest BCUT2D eigenvalue weighted by molar-refractivity contribution is 0.178. The summed E-state index contributed by atoms with van der Waals surface area (Å²) in [6, 6.07) is 0.973. The molecule has 0 rings (SSSR count). The Bertz CT molecular complexity index is 462. The number of rotatable bonds is 9. The van der Waals surface area contributed by atoms with Gasteiger partial charge in [0.05, 0.1) is 11.3 Å². The number of sulfone groups is 1. The highest BCUT2D eigenvalue weighted by atomic mass is 32.2. The number of guanidine groups is 1. The zero-order valence-corrected chi connectivity index (χ0v) is 16.9. The van der Waals surface area contributed by atoms with Gasteiger partial charge >= 0.3 is 0 Å². The lowest BCUT2D eigenvalue weighted by Gasteiger charge is -2.30. The molecule has 138 valence electrons. The quantitative estimate of drug-likeness (QED) is 0.488. The minimum absolute atomic E-state index is 0.235. The summed E-state index contributed by atoms with van der Waals surface area (Å²) in [6.45, 7) is 16.8. The average molecular weight is 349 g/mol. The van der Waals surface area contributed by atoms with Crippen LogP contribution in [0.25, 0.3) is 0 Å². The van der Waals surface area contributed by atoms with E-state index in [-0.39, 0.29) is 6.54 Å². The lowest BCUT2D eigenvalue weighted by Crippen LogP contribution is -2.46. The Hall–Kier alpha value is -0.820. The average Bonchev–Trinajstić information content (AvgIpc) is 2.38. The molecule has 0 fully saturated rings. The third-order valence-corrected chi connectivity index (χ3v) is 6.09. The molecule has 0 aromatic rings. The van der Waals surface area contributed by atoms with Crippen molar-refractivity contribution in [3.05, 3.63) is 0 Å². The highest BCUT2D eigenvalue weighted by Gasteiger charge is 2.29. The summed E-state index contributed by atoms with van der Waals surface area (Å²) in [7, 11) is -3.14. The number of aliphatic imine (C=N–C) groups is 1. The fourth-order valence-corrected chi connectivity index (χ4v) is 2.44. The van der Waals surface area contributed by atoms with Crippen LogP contribution in [0, 0.1) is 0 Å². The van der Waals surface area contributed by atoms with E-state index in [9.17, 15) is 8.42 Å². The Balaban J connectivity index is 4.72. The molecule has 0 aromatic carbocycles. The van der Waals surface area contributed by atoms with E-state index in [0.29, 0.717) is 18.0 Å². The number of nitrogens with one attached hydrogen (secondary N) is 2. The molecule has 23 heavy (non-hydrogen) atoms. The van der Waals surface area contributed by atoms with E-state index >= 15 is 0 Å². The smallest absolute Gasteiger partial charge is 0.191 e. The van der Waals surface area contributed by atoms with Crippen LogP contribution in [0.15, 0.2) is 4.99 Å². The molecule has 0 aliphatic rings. The first kappa shape index (κ1) is 22.2. The van der Waals surface area contributed by atoms with Gasteiger partial charge in [0.15, 0.2) is 15.8 Å². The summed E-state index contributed by atoms with van der Waals surface area (Å²) in [5.74, 6) is 0.664. The largest absolute Gasteiger partial charge is 0.357 e. The van der Waals surface area contributed by atoms with Crippen LogP contribution in [0.4, 0.5) is 0 Å². The number of hydrogen-bond acceptors (Lipinski definition) is 4. The molecule has 0 saturated heterocycles. The first-order valence-electron chi connectivity index (χ1n) is 8.40. The maximum Gasteiger partial charge on any atom is 0.191 e. The summed E-state index contributed by atoms with van der Waals surface area (Å²) in [5.41, 5.74) is 0. The topological polar surface area (TPSA) is 73.8 Å². The molecule has 0 unspecified atom stereocenters. The SMILES string of the molecule is CCNC(=NCC(C)(C)S(C)(=O)=O)NCCN(C(C)C)C(C)C. The molecule has 0 aliphatic carbocycles. The number of nitrogens with zero attached hydrogens (tertiary/aromatic N) is 2. The van der Waals surface area contributed by atoms with Crippen molar-refractivity contribution < 1.29 is 8.42 Å². The van der Waals surface area contributed by atoms with Gasteiger partial charge < -0.3 is 10.6 Å². The molecule has 0 spiro atoms. The molecule has 0 amide bonds. The van der Waals surface area contributed by atoms with E-state index in [1.807, 2.05) is 6.92 Å². The first-order chi connectivity index (χ1) is 10.4. The molecule has 0 atom stereocenters. The van der Waals surface area contributed by atoms with Crippen LogP contribution in [0.2, 0.25) is 0 Å². The van der Waals surface area contributed by atoms with Gasteiger partial charge in [-0.3, -0.25) is 9.89 Å². The van der Waals surface area contributed by atoms with Gasteiger partial charge in [0, 0.05) is 38.0 Å². The Morgan fingerprint density at radius 2 is 1.65 bits per heavy atom. The first-order valence-corrected chi connectivity index (χ1v) is 10.3. The standard InChI is InChI=1S/C16H36N4O2S/c1-9-17-15(19-12-16(6,7)23(8,21)22)18-10-11-20(13(2)3)14(4)5/h13-14H,9-12H2,1-8H3,(H2,17,18,19). The Kier molecular flexibility index (Phi) is 9.13.